The minimum Gasteiger partial charge on any atom is -0.482 e. The van der Waals surface area contributed by atoms with Gasteiger partial charge in [0.25, 0.3) is 5.91 Å². The van der Waals surface area contributed by atoms with E-state index in [4.69, 9.17) is 27.9 Å². The van der Waals surface area contributed by atoms with Crippen LogP contribution in [0.4, 0.5) is 0 Å². The second kappa shape index (κ2) is 5.71. The summed E-state index contributed by atoms with van der Waals surface area (Å²) in [4.78, 5) is 12.1. The molecule has 0 N–H and O–H groups in total. The molecule has 0 spiro atoms. The molecule has 0 bridgehead atoms. The first-order valence-corrected chi connectivity index (χ1v) is 6.82. The molecule has 21 heavy (non-hydrogen) atoms. The highest BCUT2D eigenvalue weighted by molar-refractivity contribution is 6.34. The van der Waals surface area contributed by atoms with Gasteiger partial charge in [-0.05, 0) is 24.3 Å². The van der Waals surface area contributed by atoms with E-state index in [1.165, 1.54) is 4.68 Å². The molecule has 0 aliphatic rings. The fourth-order valence-corrected chi connectivity index (χ4v) is 2.18. The van der Waals surface area contributed by atoms with Crippen LogP contribution < -0.4 is 4.74 Å². The van der Waals surface area contributed by atoms with Crippen LogP contribution in [0.3, 0.4) is 0 Å². The van der Waals surface area contributed by atoms with Crippen LogP contribution in [0.25, 0.3) is 11.0 Å². The number of fused-ring (bicyclic) bond motifs is 1. The van der Waals surface area contributed by atoms with Gasteiger partial charge in [-0.3, -0.25) is 4.79 Å². The van der Waals surface area contributed by atoms with Gasteiger partial charge in [0.05, 0.1) is 10.5 Å². The number of nitrogens with zero attached hydrogens (tertiary/aromatic N) is 3. The molecule has 106 valence electrons. The van der Waals surface area contributed by atoms with Gasteiger partial charge in [-0.1, -0.05) is 40.5 Å². The number of aromatic nitrogens is 3. The molecule has 0 fully saturated rings. The molecule has 0 aliphatic carbocycles. The largest absolute Gasteiger partial charge is 0.482 e. The molecule has 0 radical (unpaired) electrons. The van der Waals surface area contributed by atoms with Crippen molar-refractivity contribution < 1.29 is 9.53 Å². The third-order valence-electron chi connectivity index (χ3n) is 2.83. The maximum absolute atomic E-state index is 12.1. The molecule has 0 amide bonds. The third kappa shape index (κ3) is 2.84. The maximum atomic E-state index is 12.1. The Labute approximate surface area is 130 Å². The summed E-state index contributed by atoms with van der Waals surface area (Å²) in [5.41, 5.74) is 1.27. The maximum Gasteiger partial charge on any atom is 0.286 e. The van der Waals surface area contributed by atoms with Crippen LogP contribution in [-0.2, 0) is 0 Å². The number of ether oxygens (including phenoxy) is 1. The van der Waals surface area contributed by atoms with E-state index in [-0.39, 0.29) is 12.5 Å². The SMILES string of the molecule is O=C(COc1cc(Cl)ccc1Cl)n1nnc2ccccc21. The highest BCUT2D eigenvalue weighted by Crippen LogP contribution is 2.27. The van der Waals surface area contributed by atoms with Gasteiger partial charge in [0, 0.05) is 11.1 Å². The molecule has 3 aromatic rings. The topological polar surface area (TPSA) is 57.0 Å². The van der Waals surface area contributed by atoms with Crippen molar-refractivity contribution in [2.45, 2.75) is 0 Å². The minimum atomic E-state index is -0.347. The van der Waals surface area contributed by atoms with E-state index in [1.54, 1.807) is 30.3 Å². The van der Waals surface area contributed by atoms with Crippen molar-refractivity contribution >= 4 is 40.1 Å². The lowest BCUT2D eigenvalue weighted by molar-refractivity contribution is 0.0824. The minimum absolute atomic E-state index is 0.215. The van der Waals surface area contributed by atoms with Crippen LogP contribution in [0.5, 0.6) is 5.75 Å². The van der Waals surface area contributed by atoms with Gasteiger partial charge in [-0.2, -0.15) is 4.68 Å². The van der Waals surface area contributed by atoms with Gasteiger partial charge in [-0.25, -0.2) is 0 Å². The fourth-order valence-electron chi connectivity index (χ4n) is 1.84. The van der Waals surface area contributed by atoms with E-state index in [9.17, 15) is 4.79 Å². The Hall–Kier alpha value is -2.11. The van der Waals surface area contributed by atoms with Gasteiger partial charge < -0.3 is 4.74 Å². The molecule has 0 unspecified atom stereocenters. The van der Waals surface area contributed by atoms with Crippen LogP contribution in [-0.4, -0.2) is 27.5 Å². The Bertz CT molecular complexity index is 817. The predicted molar refractivity (Wildman–Crippen MR) is 80.1 cm³/mol. The zero-order chi connectivity index (χ0) is 14.8. The standard InChI is InChI=1S/C14H9Cl2N3O2/c15-9-5-6-10(16)13(7-9)21-8-14(20)19-12-4-2-1-3-11(12)17-18-19/h1-7H,8H2. The molecule has 1 aromatic heterocycles. The number of hydrogen-bond acceptors (Lipinski definition) is 4. The van der Waals surface area contributed by atoms with Crippen LogP contribution >= 0.6 is 23.2 Å². The molecule has 0 saturated carbocycles. The second-order valence-electron chi connectivity index (χ2n) is 4.25. The van der Waals surface area contributed by atoms with Crippen LogP contribution in [0.15, 0.2) is 42.5 Å². The smallest absolute Gasteiger partial charge is 0.286 e. The first-order chi connectivity index (χ1) is 10.1. The lowest BCUT2D eigenvalue weighted by Gasteiger charge is -2.07. The Kier molecular flexibility index (Phi) is 3.77. The number of halogens is 2. The molecular formula is C14H9Cl2N3O2. The van der Waals surface area contributed by atoms with Gasteiger partial charge in [-0.15, -0.1) is 5.10 Å². The van der Waals surface area contributed by atoms with Gasteiger partial charge in [0.15, 0.2) is 6.61 Å². The number of hydrogen-bond donors (Lipinski definition) is 0. The Morgan fingerprint density at radius 3 is 2.86 bits per heavy atom. The van der Waals surface area contributed by atoms with Gasteiger partial charge in [0.1, 0.15) is 11.3 Å². The molecular weight excluding hydrogens is 313 g/mol. The van der Waals surface area contributed by atoms with Crippen LogP contribution in [0.2, 0.25) is 10.0 Å². The first kappa shape index (κ1) is 13.9. The van der Waals surface area contributed by atoms with Gasteiger partial charge >= 0.3 is 0 Å². The molecule has 0 aliphatic heterocycles. The van der Waals surface area contributed by atoms with E-state index in [2.05, 4.69) is 10.3 Å². The van der Waals surface area contributed by atoms with Crippen molar-refractivity contribution in [3.63, 3.8) is 0 Å². The molecule has 3 rings (SSSR count). The fraction of sp³-hybridized carbons (Fsp3) is 0.0714. The zero-order valence-electron chi connectivity index (χ0n) is 10.7. The average molecular weight is 322 g/mol. The first-order valence-electron chi connectivity index (χ1n) is 6.06. The van der Waals surface area contributed by atoms with E-state index in [0.29, 0.717) is 26.8 Å². The number of carbonyl (C=O) groups is 1. The van der Waals surface area contributed by atoms with Crippen LogP contribution in [0.1, 0.15) is 4.79 Å². The summed E-state index contributed by atoms with van der Waals surface area (Å²) in [5.74, 6) is 0.00156. The monoisotopic (exact) mass is 321 g/mol. The Morgan fingerprint density at radius 1 is 1.19 bits per heavy atom. The van der Waals surface area contributed by atoms with Crippen molar-refractivity contribution in [1.29, 1.82) is 0 Å². The quantitative estimate of drug-likeness (QED) is 0.741. The van der Waals surface area contributed by atoms with Gasteiger partial charge in [0.2, 0.25) is 0 Å². The van der Waals surface area contributed by atoms with E-state index in [0.717, 1.165) is 0 Å². The van der Waals surface area contributed by atoms with Crippen LogP contribution in [0, 0.1) is 0 Å². The lowest BCUT2D eigenvalue weighted by atomic mass is 10.3. The molecule has 2 aromatic carbocycles. The van der Waals surface area contributed by atoms with Crippen molar-refractivity contribution in [2.75, 3.05) is 6.61 Å². The normalized spacial score (nSPS) is 10.8. The molecule has 0 saturated heterocycles. The molecule has 1 heterocycles. The number of carbonyl (C=O) groups excluding carboxylic acids is 1. The van der Waals surface area contributed by atoms with E-state index >= 15 is 0 Å². The summed E-state index contributed by atoms with van der Waals surface area (Å²) >= 11 is 11.8. The summed E-state index contributed by atoms with van der Waals surface area (Å²) in [5, 5.41) is 8.61. The summed E-state index contributed by atoms with van der Waals surface area (Å²) in [6.07, 6.45) is 0. The van der Waals surface area contributed by atoms with Crippen molar-refractivity contribution in [3.05, 3.63) is 52.5 Å². The highest BCUT2D eigenvalue weighted by Gasteiger charge is 2.13. The molecule has 5 nitrogen and oxygen atoms in total. The average Bonchev–Trinajstić information content (AvgIpc) is 2.92. The number of rotatable bonds is 3. The highest BCUT2D eigenvalue weighted by atomic mass is 35.5. The van der Waals surface area contributed by atoms with E-state index in [1.807, 2.05) is 12.1 Å². The molecule has 0 atom stereocenters. The van der Waals surface area contributed by atoms with Crippen molar-refractivity contribution in [3.8, 4) is 5.75 Å². The summed E-state index contributed by atoms with van der Waals surface area (Å²) in [6.45, 7) is -0.215. The number of benzene rings is 2. The zero-order valence-corrected chi connectivity index (χ0v) is 12.2. The van der Waals surface area contributed by atoms with Crippen molar-refractivity contribution in [1.82, 2.24) is 15.0 Å². The van der Waals surface area contributed by atoms with E-state index < -0.39 is 0 Å². The second-order valence-corrected chi connectivity index (χ2v) is 5.09. The predicted octanol–water partition coefficient (Wildman–Crippen LogP) is 3.46. The summed E-state index contributed by atoms with van der Waals surface area (Å²) in [7, 11) is 0. The molecule has 7 heteroatoms. The summed E-state index contributed by atoms with van der Waals surface area (Å²) < 4.78 is 6.60. The third-order valence-corrected chi connectivity index (χ3v) is 3.38. The Morgan fingerprint density at radius 2 is 2.00 bits per heavy atom. The summed E-state index contributed by atoms with van der Waals surface area (Å²) in [6, 6.07) is 12.0. The van der Waals surface area contributed by atoms with Crippen molar-refractivity contribution in [2.24, 2.45) is 0 Å². The number of para-hydroxylation sites is 1. The lowest BCUT2D eigenvalue weighted by Crippen LogP contribution is -2.20. The Balaban J connectivity index is 1.79.